The second-order valence-electron chi connectivity index (χ2n) is 7.43. The minimum absolute atomic E-state index is 0.0589. The van der Waals surface area contributed by atoms with Gasteiger partial charge in [-0.05, 0) is 43.2 Å². The van der Waals surface area contributed by atoms with E-state index in [2.05, 4.69) is 49.3 Å². The van der Waals surface area contributed by atoms with E-state index in [0.29, 0.717) is 0 Å². The molecule has 5 nitrogen and oxygen atoms in total. The van der Waals surface area contributed by atoms with Crippen LogP contribution in [0.5, 0.6) is 0 Å². The molecule has 4 rings (SSSR count). The molecule has 1 N–H and O–H groups in total. The Morgan fingerprint density at radius 3 is 2.61 bits per heavy atom. The van der Waals surface area contributed by atoms with E-state index in [4.69, 9.17) is 4.99 Å². The molecule has 3 heterocycles. The molecule has 7 heteroatoms. The second kappa shape index (κ2) is 7.29. The molecular weight excluding hydrogens is 388 g/mol. The Labute approximate surface area is 174 Å². The summed E-state index contributed by atoms with van der Waals surface area (Å²) in [7, 11) is 5.65. The number of aliphatic imine (C=N–C) groups is 1. The molecule has 0 saturated carbocycles. The highest BCUT2D eigenvalue weighted by Crippen LogP contribution is 2.44. The number of thioether (sulfide) groups is 1. The fraction of sp³-hybridized carbons (Fsp3) is 0.333. The number of thiophene rings is 1. The number of fused-ring (bicyclic) bond motifs is 2. The Kier molecular flexibility index (Phi) is 4.97. The van der Waals surface area contributed by atoms with Crippen molar-refractivity contribution in [2.45, 2.75) is 25.9 Å². The average molecular weight is 413 g/mol. The molecule has 1 unspecified atom stereocenters. The number of amides is 1. The summed E-state index contributed by atoms with van der Waals surface area (Å²) in [5.74, 6) is 0.942. The molecule has 1 amide bonds. The normalized spacial score (nSPS) is 18.0. The van der Waals surface area contributed by atoms with E-state index >= 15 is 0 Å². The van der Waals surface area contributed by atoms with E-state index < -0.39 is 0 Å². The zero-order valence-electron chi connectivity index (χ0n) is 16.7. The Balaban J connectivity index is 1.65. The Hall–Kier alpha value is -2.25. The van der Waals surface area contributed by atoms with Crippen molar-refractivity contribution < 1.29 is 4.79 Å². The highest BCUT2D eigenvalue weighted by Gasteiger charge is 2.31. The highest BCUT2D eigenvalue weighted by atomic mass is 32.2. The van der Waals surface area contributed by atoms with Gasteiger partial charge in [-0.1, -0.05) is 6.07 Å². The molecule has 28 heavy (non-hydrogen) atoms. The molecule has 2 aliphatic heterocycles. The third-order valence-electron chi connectivity index (χ3n) is 4.84. The first-order valence-electron chi connectivity index (χ1n) is 9.16. The lowest BCUT2D eigenvalue weighted by molar-refractivity contribution is 0.0832. The summed E-state index contributed by atoms with van der Waals surface area (Å²) in [6.45, 7) is 4.21. The van der Waals surface area contributed by atoms with Crippen molar-refractivity contribution in [2.24, 2.45) is 4.99 Å². The van der Waals surface area contributed by atoms with Gasteiger partial charge in [0, 0.05) is 54.1 Å². The van der Waals surface area contributed by atoms with Crippen LogP contribution < -0.4 is 5.32 Å². The molecule has 2 aromatic rings. The van der Waals surface area contributed by atoms with Crippen molar-refractivity contribution in [1.29, 1.82) is 0 Å². The van der Waals surface area contributed by atoms with Crippen molar-refractivity contribution in [3.05, 3.63) is 55.6 Å². The van der Waals surface area contributed by atoms with Gasteiger partial charge in [0.1, 0.15) is 0 Å². The third kappa shape index (κ3) is 3.44. The minimum atomic E-state index is -0.181. The first kappa shape index (κ1) is 19.1. The number of hydrogen-bond acceptors (Lipinski definition) is 6. The largest absolute Gasteiger partial charge is 0.347 e. The number of nitrogens with zero attached hydrogens (tertiary/aromatic N) is 3. The summed E-state index contributed by atoms with van der Waals surface area (Å²) in [5, 5.41) is 3.54. The predicted molar refractivity (Wildman–Crippen MR) is 120 cm³/mol. The number of carbonyl (C=O) groups is 1. The number of rotatable bonds is 3. The fourth-order valence-corrected chi connectivity index (χ4v) is 5.93. The average Bonchev–Trinajstić information content (AvgIpc) is 3.06. The molecule has 1 aromatic heterocycles. The van der Waals surface area contributed by atoms with Crippen LogP contribution in [0.1, 0.15) is 31.2 Å². The molecule has 0 spiro atoms. The lowest BCUT2D eigenvalue weighted by Crippen LogP contribution is -2.38. The van der Waals surface area contributed by atoms with Gasteiger partial charge in [0.2, 0.25) is 0 Å². The van der Waals surface area contributed by atoms with E-state index in [1.807, 2.05) is 12.3 Å². The van der Waals surface area contributed by atoms with E-state index in [0.717, 1.165) is 32.5 Å². The molecule has 1 atom stereocenters. The minimum Gasteiger partial charge on any atom is -0.347 e. The topological polar surface area (TPSA) is 47.9 Å². The van der Waals surface area contributed by atoms with Gasteiger partial charge in [0.25, 0.3) is 5.91 Å². The van der Waals surface area contributed by atoms with E-state index in [1.165, 1.54) is 16.0 Å². The van der Waals surface area contributed by atoms with Gasteiger partial charge in [-0.25, -0.2) is 4.99 Å². The first-order valence-corrected chi connectivity index (χ1v) is 11.0. The number of aryl methyl sites for hydroxylation is 2. The summed E-state index contributed by atoms with van der Waals surface area (Å²) in [5.41, 5.74) is 5.82. The van der Waals surface area contributed by atoms with Crippen LogP contribution in [-0.4, -0.2) is 49.4 Å². The molecule has 0 aliphatic carbocycles. The van der Waals surface area contributed by atoms with Gasteiger partial charge in [0.15, 0.2) is 6.29 Å². The Bertz CT molecular complexity index is 986. The fourth-order valence-electron chi connectivity index (χ4n) is 3.57. The maximum absolute atomic E-state index is 12.4. The zero-order chi connectivity index (χ0) is 20.0. The van der Waals surface area contributed by atoms with Crippen molar-refractivity contribution in [3.8, 4) is 0 Å². The maximum Gasteiger partial charge on any atom is 0.263 e. The summed E-state index contributed by atoms with van der Waals surface area (Å²) in [4.78, 5) is 24.2. The van der Waals surface area contributed by atoms with Gasteiger partial charge >= 0.3 is 0 Å². The molecular formula is C21H24N4OS2. The van der Waals surface area contributed by atoms with E-state index in [1.54, 1.807) is 42.1 Å². The number of carbonyl (C=O) groups excluding carboxylic acids is 1. The van der Waals surface area contributed by atoms with Crippen LogP contribution in [0.2, 0.25) is 0 Å². The van der Waals surface area contributed by atoms with Crippen LogP contribution >= 0.6 is 23.1 Å². The Morgan fingerprint density at radius 2 is 1.93 bits per heavy atom. The summed E-state index contributed by atoms with van der Waals surface area (Å²) in [6.07, 6.45) is 1.79. The molecule has 146 valence electrons. The maximum atomic E-state index is 12.4. The van der Waals surface area contributed by atoms with Crippen molar-refractivity contribution in [1.82, 2.24) is 9.80 Å². The summed E-state index contributed by atoms with van der Waals surface area (Å²) >= 11 is 3.39. The van der Waals surface area contributed by atoms with Crippen LogP contribution in [0.25, 0.3) is 5.70 Å². The zero-order valence-corrected chi connectivity index (χ0v) is 18.4. The monoisotopic (exact) mass is 412 g/mol. The second-order valence-corrected chi connectivity index (χ2v) is 9.59. The number of nitrogens with one attached hydrogen (secondary N) is 1. The smallest absolute Gasteiger partial charge is 0.263 e. The van der Waals surface area contributed by atoms with Crippen LogP contribution in [-0.2, 0) is 5.75 Å². The first-order chi connectivity index (χ1) is 13.3. The predicted octanol–water partition coefficient (Wildman–Crippen LogP) is 4.39. The lowest BCUT2D eigenvalue weighted by Gasteiger charge is -2.36. The quantitative estimate of drug-likeness (QED) is 0.812. The SMILES string of the molecule is Cc1cc(C)cc(NC2N=CC3=C(c4cc(C(=O)N(C)C)sc4CS3)N2C)c1. The van der Waals surface area contributed by atoms with Gasteiger partial charge in [0.05, 0.1) is 10.6 Å². The van der Waals surface area contributed by atoms with Crippen molar-refractivity contribution in [2.75, 3.05) is 26.5 Å². The number of benzene rings is 1. The summed E-state index contributed by atoms with van der Waals surface area (Å²) < 4.78 is 0. The van der Waals surface area contributed by atoms with E-state index in [-0.39, 0.29) is 12.2 Å². The van der Waals surface area contributed by atoms with Gasteiger partial charge in [-0.2, -0.15) is 0 Å². The van der Waals surface area contributed by atoms with Gasteiger partial charge in [-0.3, -0.25) is 4.79 Å². The third-order valence-corrected chi connectivity index (χ3v) is 7.19. The standard InChI is InChI=1S/C21H24N4OS2/c1-12-6-13(2)8-14(7-12)23-21-22-10-17-19(25(21)5)15-9-16(20(26)24(3)4)28-18(15)11-27-17/h6-10,21,23H,11H2,1-5H3. The molecule has 0 radical (unpaired) electrons. The molecule has 2 aliphatic rings. The van der Waals surface area contributed by atoms with Crippen LogP contribution in [0.15, 0.2) is 34.2 Å². The van der Waals surface area contributed by atoms with Gasteiger partial charge < -0.3 is 15.1 Å². The molecule has 0 bridgehead atoms. The van der Waals surface area contributed by atoms with Crippen molar-refractivity contribution in [3.63, 3.8) is 0 Å². The van der Waals surface area contributed by atoms with E-state index in [9.17, 15) is 4.79 Å². The number of hydrogen-bond donors (Lipinski definition) is 1. The lowest BCUT2D eigenvalue weighted by atomic mass is 10.1. The summed E-state index contributed by atoms with van der Waals surface area (Å²) in [6, 6.07) is 8.48. The van der Waals surface area contributed by atoms with Crippen molar-refractivity contribution >= 4 is 46.6 Å². The van der Waals surface area contributed by atoms with Crippen LogP contribution in [0.4, 0.5) is 5.69 Å². The van der Waals surface area contributed by atoms with Gasteiger partial charge in [-0.15, -0.1) is 23.1 Å². The molecule has 0 fully saturated rings. The highest BCUT2D eigenvalue weighted by molar-refractivity contribution is 8.03. The van der Waals surface area contributed by atoms with Crippen LogP contribution in [0.3, 0.4) is 0 Å². The molecule has 1 aromatic carbocycles. The number of allylic oxidation sites excluding steroid dienone is 1. The van der Waals surface area contributed by atoms with Crippen LogP contribution in [0, 0.1) is 13.8 Å². The Morgan fingerprint density at radius 1 is 1.21 bits per heavy atom. The molecule has 0 saturated heterocycles. The number of anilines is 1.